The number of hydrogen-bond donors (Lipinski definition) is 2. The van der Waals surface area contributed by atoms with E-state index in [2.05, 4.69) is 10.6 Å². The number of nitro groups is 1. The van der Waals surface area contributed by atoms with Gasteiger partial charge in [-0.2, -0.15) is 0 Å². The molecule has 29 heavy (non-hydrogen) atoms. The number of imide groups is 1. The first kappa shape index (κ1) is 20.6. The maximum absolute atomic E-state index is 12.4. The fourth-order valence-electron chi connectivity index (χ4n) is 2.84. The SMILES string of the molecule is O=C(NCCCN1C(=O)c2ccc([N+](=O)[O-])cc2C1=O)Nc1cc(Cl)cc(Cl)c1. The summed E-state index contributed by atoms with van der Waals surface area (Å²) < 4.78 is 0. The van der Waals surface area contributed by atoms with Crippen LogP contribution in [0.1, 0.15) is 27.1 Å². The standard InChI is InChI=1S/C18H14Cl2N4O5/c19-10-6-11(20)8-12(7-10)22-18(27)21-4-1-5-23-16(25)14-3-2-13(24(28)29)9-15(14)17(23)26/h2-3,6-9H,1,4-5H2,(H2,21,22,27). The number of amides is 4. The number of fused-ring (bicyclic) bond motifs is 1. The number of hydrogen-bond acceptors (Lipinski definition) is 5. The van der Waals surface area contributed by atoms with Gasteiger partial charge in [0.2, 0.25) is 0 Å². The van der Waals surface area contributed by atoms with Gasteiger partial charge in [0, 0.05) is 41.0 Å². The fourth-order valence-corrected chi connectivity index (χ4v) is 3.36. The zero-order valence-electron chi connectivity index (χ0n) is 14.8. The molecule has 0 spiro atoms. The molecule has 0 fully saturated rings. The van der Waals surface area contributed by atoms with E-state index in [1.807, 2.05) is 0 Å². The Kier molecular flexibility index (Phi) is 6.00. The summed E-state index contributed by atoms with van der Waals surface area (Å²) in [6.45, 7) is 0.247. The second kappa shape index (κ2) is 8.46. The summed E-state index contributed by atoms with van der Waals surface area (Å²) >= 11 is 11.7. The maximum atomic E-state index is 12.4. The Morgan fingerprint density at radius 1 is 1.03 bits per heavy atom. The summed E-state index contributed by atoms with van der Waals surface area (Å²) in [6.07, 6.45) is 0.303. The molecule has 1 aliphatic rings. The summed E-state index contributed by atoms with van der Waals surface area (Å²) in [4.78, 5) is 47.8. The average Bonchev–Trinajstić information content (AvgIpc) is 2.88. The number of carbonyl (C=O) groups excluding carboxylic acids is 3. The van der Waals surface area contributed by atoms with Gasteiger partial charge in [0.25, 0.3) is 17.5 Å². The third-order valence-electron chi connectivity index (χ3n) is 4.13. The Hall–Kier alpha value is -3.17. The number of nitrogens with zero attached hydrogens (tertiary/aromatic N) is 2. The van der Waals surface area contributed by atoms with Crippen molar-refractivity contribution < 1.29 is 19.3 Å². The monoisotopic (exact) mass is 436 g/mol. The Morgan fingerprint density at radius 3 is 2.34 bits per heavy atom. The van der Waals surface area contributed by atoms with Crippen molar-refractivity contribution in [2.45, 2.75) is 6.42 Å². The number of nitrogens with one attached hydrogen (secondary N) is 2. The van der Waals surface area contributed by atoms with Gasteiger partial charge >= 0.3 is 6.03 Å². The molecule has 9 nitrogen and oxygen atoms in total. The lowest BCUT2D eigenvalue weighted by Crippen LogP contribution is -2.35. The van der Waals surface area contributed by atoms with Crippen LogP contribution < -0.4 is 10.6 Å². The highest BCUT2D eigenvalue weighted by Gasteiger charge is 2.36. The summed E-state index contributed by atoms with van der Waals surface area (Å²) in [5.41, 5.74) is 0.296. The third kappa shape index (κ3) is 4.64. The molecule has 0 bridgehead atoms. The van der Waals surface area contributed by atoms with Crippen LogP contribution in [0.25, 0.3) is 0 Å². The Balaban J connectivity index is 1.51. The van der Waals surface area contributed by atoms with Gasteiger partial charge in [-0.1, -0.05) is 23.2 Å². The number of anilines is 1. The zero-order valence-corrected chi connectivity index (χ0v) is 16.3. The summed E-state index contributed by atoms with van der Waals surface area (Å²) in [7, 11) is 0. The van der Waals surface area contributed by atoms with Crippen molar-refractivity contribution in [3.05, 3.63) is 67.7 Å². The molecule has 3 rings (SSSR count). The molecule has 1 aliphatic heterocycles. The van der Waals surface area contributed by atoms with Crippen LogP contribution in [-0.2, 0) is 0 Å². The van der Waals surface area contributed by atoms with Gasteiger partial charge in [-0.3, -0.25) is 24.6 Å². The Labute approximate surface area is 174 Å². The van der Waals surface area contributed by atoms with Crippen LogP contribution in [0.4, 0.5) is 16.2 Å². The number of rotatable bonds is 6. The summed E-state index contributed by atoms with van der Waals surface area (Å²) in [5.74, 6) is -1.11. The van der Waals surface area contributed by atoms with Crippen molar-refractivity contribution >= 4 is 52.4 Å². The number of halogens is 2. The van der Waals surface area contributed by atoms with E-state index in [4.69, 9.17) is 23.2 Å². The first-order valence-electron chi connectivity index (χ1n) is 8.42. The van der Waals surface area contributed by atoms with Gasteiger partial charge in [-0.05, 0) is 30.7 Å². The predicted molar refractivity (Wildman–Crippen MR) is 107 cm³/mol. The molecule has 11 heteroatoms. The van der Waals surface area contributed by atoms with Crippen LogP contribution in [0.3, 0.4) is 0 Å². The molecule has 0 atom stereocenters. The van der Waals surface area contributed by atoms with Gasteiger partial charge in [-0.25, -0.2) is 4.79 Å². The molecule has 4 amide bonds. The lowest BCUT2D eigenvalue weighted by Gasteiger charge is -2.14. The molecule has 1 heterocycles. The first-order valence-corrected chi connectivity index (χ1v) is 9.17. The van der Waals surface area contributed by atoms with Crippen molar-refractivity contribution in [1.29, 1.82) is 0 Å². The maximum Gasteiger partial charge on any atom is 0.319 e. The molecule has 0 saturated carbocycles. The van der Waals surface area contributed by atoms with Crippen LogP contribution >= 0.6 is 23.2 Å². The van der Waals surface area contributed by atoms with E-state index in [9.17, 15) is 24.5 Å². The molecule has 0 unspecified atom stereocenters. The zero-order chi connectivity index (χ0) is 21.1. The van der Waals surface area contributed by atoms with E-state index >= 15 is 0 Å². The highest BCUT2D eigenvalue weighted by Crippen LogP contribution is 2.27. The molecule has 2 aromatic rings. The number of nitro benzene ring substituents is 1. The molecule has 0 aromatic heterocycles. The topological polar surface area (TPSA) is 122 Å². The molecular weight excluding hydrogens is 423 g/mol. The van der Waals surface area contributed by atoms with Crippen molar-refractivity contribution in [2.75, 3.05) is 18.4 Å². The predicted octanol–water partition coefficient (Wildman–Crippen LogP) is 3.71. The number of non-ortho nitro benzene ring substituents is 1. The summed E-state index contributed by atoms with van der Waals surface area (Å²) in [5, 5.41) is 16.8. The van der Waals surface area contributed by atoms with E-state index in [-0.39, 0.29) is 29.9 Å². The second-order valence-corrected chi connectivity index (χ2v) is 7.01. The fraction of sp³-hybridized carbons (Fsp3) is 0.167. The van der Waals surface area contributed by atoms with E-state index in [1.54, 1.807) is 0 Å². The Morgan fingerprint density at radius 2 is 1.69 bits per heavy atom. The van der Waals surface area contributed by atoms with Crippen LogP contribution in [0, 0.1) is 10.1 Å². The van der Waals surface area contributed by atoms with Crippen molar-refractivity contribution in [2.24, 2.45) is 0 Å². The highest BCUT2D eigenvalue weighted by atomic mass is 35.5. The van der Waals surface area contributed by atoms with Gasteiger partial charge < -0.3 is 10.6 Å². The number of urea groups is 1. The third-order valence-corrected chi connectivity index (χ3v) is 4.57. The molecular formula is C18H14Cl2N4O5. The van der Waals surface area contributed by atoms with E-state index in [0.29, 0.717) is 22.2 Å². The van der Waals surface area contributed by atoms with E-state index in [0.717, 1.165) is 11.0 Å². The van der Waals surface area contributed by atoms with Crippen molar-refractivity contribution in [3.8, 4) is 0 Å². The first-order chi connectivity index (χ1) is 13.8. The van der Waals surface area contributed by atoms with Gasteiger partial charge in [0.1, 0.15) is 0 Å². The molecule has 2 aromatic carbocycles. The van der Waals surface area contributed by atoms with Gasteiger partial charge in [0.05, 0.1) is 16.1 Å². The normalized spacial score (nSPS) is 12.7. The largest absolute Gasteiger partial charge is 0.338 e. The lowest BCUT2D eigenvalue weighted by atomic mass is 10.1. The minimum absolute atomic E-state index is 0.00716. The molecule has 2 N–H and O–H groups in total. The van der Waals surface area contributed by atoms with Crippen LogP contribution in [0.5, 0.6) is 0 Å². The van der Waals surface area contributed by atoms with E-state index in [1.165, 1.54) is 30.3 Å². The molecule has 0 aliphatic carbocycles. The quantitative estimate of drug-likeness (QED) is 0.309. The molecule has 150 valence electrons. The Bertz CT molecular complexity index is 1010. The van der Waals surface area contributed by atoms with Crippen LogP contribution in [0.2, 0.25) is 10.0 Å². The van der Waals surface area contributed by atoms with E-state index < -0.39 is 22.8 Å². The van der Waals surface area contributed by atoms with Crippen molar-refractivity contribution in [1.82, 2.24) is 10.2 Å². The second-order valence-electron chi connectivity index (χ2n) is 6.14. The summed E-state index contributed by atoms with van der Waals surface area (Å²) in [6, 6.07) is 7.65. The van der Waals surface area contributed by atoms with Gasteiger partial charge in [0.15, 0.2) is 0 Å². The number of carbonyl (C=O) groups is 3. The lowest BCUT2D eigenvalue weighted by molar-refractivity contribution is -0.384. The van der Waals surface area contributed by atoms with Gasteiger partial charge in [-0.15, -0.1) is 0 Å². The number of benzene rings is 2. The highest BCUT2D eigenvalue weighted by molar-refractivity contribution is 6.35. The molecule has 0 saturated heterocycles. The minimum Gasteiger partial charge on any atom is -0.338 e. The minimum atomic E-state index is -0.629. The van der Waals surface area contributed by atoms with Crippen LogP contribution in [0.15, 0.2) is 36.4 Å². The smallest absolute Gasteiger partial charge is 0.319 e. The van der Waals surface area contributed by atoms with Crippen molar-refractivity contribution in [3.63, 3.8) is 0 Å². The average molecular weight is 437 g/mol. The van der Waals surface area contributed by atoms with Crippen LogP contribution in [-0.4, -0.2) is 40.8 Å². The molecule has 0 radical (unpaired) electrons.